The Morgan fingerprint density at radius 1 is 1.12 bits per heavy atom. The minimum atomic E-state index is -0.682. The summed E-state index contributed by atoms with van der Waals surface area (Å²) in [6.07, 6.45) is 4.20. The summed E-state index contributed by atoms with van der Waals surface area (Å²) in [5.74, 6) is -0.0270. The summed E-state index contributed by atoms with van der Waals surface area (Å²) in [5, 5.41) is 11.4. The third-order valence-electron chi connectivity index (χ3n) is 4.13. The zero-order chi connectivity index (χ0) is 17.8. The molecule has 0 radical (unpaired) electrons. The fourth-order valence-corrected chi connectivity index (χ4v) is 2.90. The molecule has 3 rings (SSSR count). The first-order valence-corrected chi connectivity index (χ1v) is 7.91. The van der Waals surface area contributed by atoms with Gasteiger partial charge in [-0.15, -0.1) is 0 Å². The predicted molar refractivity (Wildman–Crippen MR) is 92.7 cm³/mol. The highest BCUT2D eigenvalue weighted by Gasteiger charge is 2.24. The summed E-state index contributed by atoms with van der Waals surface area (Å²) in [7, 11) is 0. The first-order chi connectivity index (χ1) is 12.1. The molecule has 2 heterocycles. The molecule has 0 atom stereocenters. The number of rotatable bonds is 4. The molecule has 1 aliphatic rings. The number of aromatic nitrogens is 2. The molecule has 25 heavy (non-hydrogen) atoms. The molecule has 1 aromatic heterocycles. The van der Waals surface area contributed by atoms with Gasteiger partial charge in [0.05, 0.1) is 4.92 Å². The second kappa shape index (κ2) is 7.12. The van der Waals surface area contributed by atoms with E-state index in [0.717, 1.165) is 13.0 Å². The Bertz CT molecular complexity index is 783. The van der Waals surface area contributed by atoms with Crippen molar-refractivity contribution in [2.75, 3.05) is 36.0 Å². The molecule has 2 aromatic rings. The normalized spacial score (nSPS) is 14.9. The van der Waals surface area contributed by atoms with Crippen molar-refractivity contribution >= 4 is 23.2 Å². The van der Waals surface area contributed by atoms with E-state index in [4.69, 9.17) is 5.73 Å². The van der Waals surface area contributed by atoms with Crippen molar-refractivity contribution in [2.24, 2.45) is 5.73 Å². The lowest BCUT2D eigenvalue weighted by Crippen LogP contribution is -2.32. The van der Waals surface area contributed by atoms with Gasteiger partial charge in [0, 0.05) is 50.2 Å². The molecule has 9 nitrogen and oxygen atoms in total. The van der Waals surface area contributed by atoms with Crippen LogP contribution in [0, 0.1) is 10.1 Å². The molecular formula is C16H18N6O3. The molecule has 0 bridgehead atoms. The largest absolute Gasteiger partial charge is 0.366 e. The van der Waals surface area contributed by atoms with Gasteiger partial charge in [0.15, 0.2) is 0 Å². The Morgan fingerprint density at radius 2 is 1.80 bits per heavy atom. The van der Waals surface area contributed by atoms with Gasteiger partial charge in [0.2, 0.25) is 11.9 Å². The third-order valence-corrected chi connectivity index (χ3v) is 4.13. The van der Waals surface area contributed by atoms with Crippen LogP contribution in [0.1, 0.15) is 16.8 Å². The summed E-state index contributed by atoms with van der Waals surface area (Å²) in [6, 6.07) is 6.11. The fourth-order valence-electron chi connectivity index (χ4n) is 2.90. The van der Waals surface area contributed by atoms with Gasteiger partial charge in [0.25, 0.3) is 5.69 Å². The maximum atomic E-state index is 11.4. The number of nitro benzene ring substituents is 1. The zero-order valence-corrected chi connectivity index (χ0v) is 13.5. The van der Waals surface area contributed by atoms with E-state index in [2.05, 4.69) is 14.9 Å². The summed E-state index contributed by atoms with van der Waals surface area (Å²) in [4.78, 5) is 34.7. The summed E-state index contributed by atoms with van der Waals surface area (Å²) < 4.78 is 0. The quantitative estimate of drug-likeness (QED) is 0.655. The van der Waals surface area contributed by atoms with E-state index < -0.39 is 10.8 Å². The highest BCUT2D eigenvalue weighted by atomic mass is 16.6. The van der Waals surface area contributed by atoms with E-state index in [9.17, 15) is 14.9 Å². The average molecular weight is 342 g/mol. The summed E-state index contributed by atoms with van der Waals surface area (Å²) in [5.41, 5.74) is 5.73. The molecule has 9 heteroatoms. The van der Waals surface area contributed by atoms with E-state index >= 15 is 0 Å². The Kier molecular flexibility index (Phi) is 4.73. The zero-order valence-electron chi connectivity index (χ0n) is 13.5. The maximum Gasteiger partial charge on any atom is 0.293 e. The van der Waals surface area contributed by atoms with E-state index in [-0.39, 0.29) is 11.3 Å². The number of nitrogens with zero attached hydrogens (tertiary/aromatic N) is 5. The van der Waals surface area contributed by atoms with Crippen molar-refractivity contribution in [3.05, 3.63) is 52.3 Å². The smallest absolute Gasteiger partial charge is 0.293 e. The van der Waals surface area contributed by atoms with E-state index in [1.807, 2.05) is 4.90 Å². The van der Waals surface area contributed by atoms with E-state index in [1.54, 1.807) is 24.5 Å². The number of benzene rings is 1. The first kappa shape index (κ1) is 16.6. The van der Waals surface area contributed by atoms with Crippen LogP contribution >= 0.6 is 0 Å². The molecule has 0 unspecified atom stereocenters. The predicted octanol–water partition coefficient (Wildman–Crippen LogP) is 1.20. The van der Waals surface area contributed by atoms with Crippen molar-refractivity contribution in [1.29, 1.82) is 0 Å². The Hall–Kier alpha value is -3.23. The Morgan fingerprint density at radius 3 is 2.48 bits per heavy atom. The summed E-state index contributed by atoms with van der Waals surface area (Å²) >= 11 is 0. The van der Waals surface area contributed by atoms with Gasteiger partial charge in [-0.1, -0.05) is 0 Å². The second-order valence-corrected chi connectivity index (χ2v) is 5.70. The van der Waals surface area contributed by atoms with Crippen molar-refractivity contribution in [3.8, 4) is 0 Å². The van der Waals surface area contributed by atoms with Crippen molar-refractivity contribution in [2.45, 2.75) is 6.42 Å². The molecule has 130 valence electrons. The van der Waals surface area contributed by atoms with Crippen molar-refractivity contribution in [1.82, 2.24) is 9.97 Å². The summed E-state index contributed by atoms with van der Waals surface area (Å²) in [6.45, 7) is 2.68. The average Bonchev–Trinajstić information content (AvgIpc) is 2.88. The van der Waals surface area contributed by atoms with Crippen molar-refractivity contribution in [3.63, 3.8) is 0 Å². The lowest BCUT2D eigenvalue weighted by atomic mass is 10.1. The van der Waals surface area contributed by atoms with E-state index in [1.165, 1.54) is 12.1 Å². The van der Waals surface area contributed by atoms with Gasteiger partial charge in [-0.25, -0.2) is 9.97 Å². The Labute approximate surface area is 144 Å². The molecule has 1 fully saturated rings. The highest BCUT2D eigenvalue weighted by Crippen LogP contribution is 2.30. The van der Waals surface area contributed by atoms with Gasteiger partial charge in [-0.3, -0.25) is 14.9 Å². The molecule has 1 aliphatic heterocycles. The lowest BCUT2D eigenvalue weighted by Gasteiger charge is -2.23. The number of hydrogen-bond donors (Lipinski definition) is 1. The fraction of sp³-hybridized carbons (Fsp3) is 0.312. The van der Waals surface area contributed by atoms with Gasteiger partial charge in [0.1, 0.15) is 5.69 Å². The molecule has 1 saturated heterocycles. The standard InChI is InChI=1S/C16H18N6O3/c17-15(23)12-3-4-13(14(11-12)22(24)25)20-7-2-8-21(10-9-20)16-18-5-1-6-19-16/h1,3-6,11H,2,7-10H2,(H2,17,23). The first-order valence-electron chi connectivity index (χ1n) is 7.91. The third kappa shape index (κ3) is 3.65. The van der Waals surface area contributed by atoms with Crippen molar-refractivity contribution < 1.29 is 9.72 Å². The SMILES string of the molecule is NC(=O)c1ccc(N2CCCN(c3ncccn3)CC2)c([N+](=O)[O-])c1. The van der Waals surface area contributed by atoms with Crippen LogP contribution in [-0.4, -0.2) is 47.0 Å². The number of primary amides is 1. The highest BCUT2D eigenvalue weighted by molar-refractivity contribution is 5.94. The molecular weight excluding hydrogens is 324 g/mol. The molecule has 0 aliphatic carbocycles. The van der Waals surface area contributed by atoms with Crippen LogP contribution in [-0.2, 0) is 0 Å². The molecule has 2 N–H and O–H groups in total. The number of nitro groups is 1. The number of amides is 1. The second-order valence-electron chi connectivity index (χ2n) is 5.70. The number of carbonyl (C=O) groups is 1. The minimum absolute atomic E-state index is 0.110. The van der Waals surface area contributed by atoms with Crippen LogP contribution in [0.5, 0.6) is 0 Å². The number of hydrogen-bond acceptors (Lipinski definition) is 7. The topological polar surface area (TPSA) is 118 Å². The van der Waals surface area contributed by atoms with Crippen LogP contribution in [0.2, 0.25) is 0 Å². The number of carbonyl (C=O) groups excluding carboxylic acids is 1. The van der Waals surface area contributed by atoms with Crippen LogP contribution in [0.15, 0.2) is 36.7 Å². The molecule has 1 aromatic carbocycles. The van der Waals surface area contributed by atoms with E-state index in [0.29, 0.717) is 31.3 Å². The molecule has 1 amide bonds. The number of anilines is 2. The van der Waals surface area contributed by atoms with Crippen LogP contribution in [0.4, 0.5) is 17.3 Å². The molecule has 0 spiro atoms. The monoisotopic (exact) mass is 342 g/mol. The minimum Gasteiger partial charge on any atom is -0.366 e. The van der Waals surface area contributed by atoms with Gasteiger partial charge in [-0.05, 0) is 24.6 Å². The van der Waals surface area contributed by atoms with Crippen LogP contribution in [0.3, 0.4) is 0 Å². The van der Waals surface area contributed by atoms with Gasteiger partial charge >= 0.3 is 0 Å². The van der Waals surface area contributed by atoms with Crippen LogP contribution in [0.25, 0.3) is 0 Å². The number of nitrogens with two attached hydrogens (primary N) is 1. The van der Waals surface area contributed by atoms with Gasteiger partial charge in [-0.2, -0.15) is 0 Å². The van der Waals surface area contributed by atoms with Gasteiger partial charge < -0.3 is 15.5 Å². The van der Waals surface area contributed by atoms with Crippen LogP contribution < -0.4 is 15.5 Å². The molecule has 0 saturated carbocycles. The maximum absolute atomic E-state index is 11.4. The lowest BCUT2D eigenvalue weighted by molar-refractivity contribution is -0.384. The Balaban J connectivity index is 1.83.